The zero-order chi connectivity index (χ0) is 19.5. The summed E-state index contributed by atoms with van der Waals surface area (Å²) in [5.74, 6) is 0.690. The van der Waals surface area contributed by atoms with Crippen molar-refractivity contribution in [2.45, 2.75) is 19.4 Å². The van der Waals surface area contributed by atoms with Gasteiger partial charge in [0.15, 0.2) is 0 Å². The van der Waals surface area contributed by atoms with Crippen molar-refractivity contribution < 1.29 is 4.79 Å². The molecule has 0 bridgehead atoms. The van der Waals surface area contributed by atoms with Gasteiger partial charge in [0.1, 0.15) is 5.82 Å². The zero-order valence-electron chi connectivity index (χ0n) is 15.8. The highest BCUT2D eigenvalue weighted by atomic mass is 79.9. The molecule has 142 valence electrons. The number of hydrogen-bond donors (Lipinski definition) is 0. The predicted octanol–water partition coefficient (Wildman–Crippen LogP) is 5.32. The number of hydrogen-bond acceptors (Lipinski definition) is 3. The van der Waals surface area contributed by atoms with E-state index in [9.17, 15) is 4.79 Å². The van der Waals surface area contributed by atoms with Crippen LogP contribution in [0, 0.1) is 0 Å². The number of amides is 1. The van der Waals surface area contributed by atoms with E-state index in [-0.39, 0.29) is 11.9 Å². The van der Waals surface area contributed by atoms with Gasteiger partial charge in [-0.2, -0.15) is 0 Å². The first-order valence-corrected chi connectivity index (χ1v) is 10.3. The van der Waals surface area contributed by atoms with Crippen LogP contribution in [0.2, 0.25) is 0 Å². The number of pyridine rings is 1. The Bertz CT molecular complexity index is 962. The maximum Gasteiger partial charge on any atom is 0.246 e. The van der Waals surface area contributed by atoms with Gasteiger partial charge in [-0.15, -0.1) is 0 Å². The molecule has 0 fully saturated rings. The third kappa shape index (κ3) is 3.60. The summed E-state index contributed by atoms with van der Waals surface area (Å²) < 4.78 is 0.999. The van der Waals surface area contributed by atoms with Crippen molar-refractivity contribution in [3.8, 4) is 0 Å². The van der Waals surface area contributed by atoms with Gasteiger partial charge in [0.05, 0.1) is 18.3 Å². The van der Waals surface area contributed by atoms with Crippen LogP contribution >= 0.6 is 15.9 Å². The maximum atomic E-state index is 13.4. The lowest BCUT2D eigenvalue weighted by atomic mass is 9.95. The van der Waals surface area contributed by atoms with E-state index in [0.717, 1.165) is 28.7 Å². The summed E-state index contributed by atoms with van der Waals surface area (Å²) in [6.45, 7) is 3.33. The number of benzene rings is 2. The van der Waals surface area contributed by atoms with Crippen LogP contribution in [-0.4, -0.2) is 28.9 Å². The van der Waals surface area contributed by atoms with Crippen LogP contribution < -0.4 is 4.90 Å². The first kappa shape index (κ1) is 18.8. The normalized spacial score (nSPS) is 17.3. The topological polar surface area (TPSA) is 36.4 Å². The molecule has 1 atom stereocenters. The Morgan fingerprint density at radius 3 is 2.57 bits per heavy atom. The van der Waals surface area contributed by atoms with Crippen LogP contribution in [0.3, 0.4) is 0 Å². The third-order valence-electron chi connectivity index (χ3n) is 4.98. The fraction of sp³-hybridized carbons (Fsp3) is 0.217. The first-order valence-electron chi connectivity index (χ1n) is 9.51. The summed E-state index contributed by atoms with van der Waals surface area (Å²) in [6.07, 6.45) is 2.70. The van der Waals surface area contributed by atoms with Crippen molar-refractivity contribution in [3.05, 3.63) is 88.5 Å². The summed E-state index contributed by atoms with van der Waals surface area (Å²) in [4.78, 5) is 21.8. The summed E-state index contributed by atoms with van der Waals surface area (Å²) in [5, 5.41) is 0. The molecule has 3 aromatic rings. The molecule has 1 amide bonds. The molecule has 2 heterocycles. The second-order valence-corrected chi connectivity index (χ2v) is 7.82. The Balaban J connectivity index is 1.94. The summed E-state index contributed by atoms with van der Waals surface area (Å²) in [7, 11) is 0. The minimum absolute atomic E-state index is 0.00584. The average molecular weight is 436 g/mol. The van der Waals surface area contributed by atoms with Crippen molar-refractivity contribution in [2.75, 3.05) is 18.0 Å². The van der Waals surface area contributed by atoms with Gasteiger partial charge in [-0.25, -0.2) is 4.98 Å². The van der Waals surface area contributed by atoms with Crippen LogP contribution in [0.15, 0.2) is 77.4 Å². The van der Waals surface area contributed by atoms with E-state index in [1.807, 2.05) is 36.4 Å². The van der Waals surface area contributed by atoms with Crippen LogP contribution in [-0.2, 0) is 4.79 Å². The lowest BCUT2D eigenvalue weighted by Crippen LogP contribution is -2.37. The molecule has 1 aromatic heterocycles. The molecule has 1 aliphatic rings. The van der Waals surface area contributed by atoms with E-state index in [1.54, 1.807) is 11.1 Å². The second kappa shape index (κ2) is 8.25. The Morgan fingerprint density at radius 2 is 1.86 bits per heavy atom. The smallest absolute Gasteiger partial charge is 0.246 e. The number of anilines is 2. The van der Waals surface area contributed by atoms with Gasteiger partial charge < -0.3 is 0 Å². The van der Waals surface area contributed by atoms with E-state index in [0.29, 0.717) is 12.4 Å². The first-order chi connectivity index (χ1) is 13.7. The molecule has 28 heavy (non-hydrogen) atoms. The zero-order valence-corrected chi connectivity index (χ0v) is 17.3. The number of nitrogens with zero attached hydrogens (tertiary/aromatic N) is 3. The molecule has 0 radical (unpaired) electrons. The Morgan fingerprint density at radius 1 is 1.07 bits per heavy atom. The molecule has 4 nitrogen and oxygen atoms in total. The molecule has 0 spiro atoms. The SMILES string of the molecule is CCCN1CC(=O)N(c2ccccn2)c2ccc(Br)cc2C1c1ccccc1. The molecule has 1 unspecified atom stereocenters. The van der Waals surface area contributed by atoms with Crippen molar-refractivity contribution in [2.24, 2.45) is 0 Å². The molecule has 0 saturated carbocycles. The lowest BCUT2D eigenvalue weighted by molar-refractivity contribution is -0.119. The third-order valence-corrected chi connectivity index (χ3v) is 5.48. The van der Waals surface area contributed by atoms with E-state index in [4.69, 9.17) is 0 Å². The molecule has 0 aliphatic carbocycles. The maximum absolute atomic E-state index is 13.4. The minimum Gasteiger partial charge on any atom is -0.283 e. The fourth-order valence-corrected chi connectivity index (χ4v) is 4.25. The standard InChI is InChI=1S/C23H22BrN3O/c1-2-14-26-16-22(28)27(21-10-6-7-13-25-21)20-12-11-18(24)15-19(20)23(26)17-8-4-3-5-9-17/h3-13,15,23H,2,14,16H2,1H3. The van der Waals surface area contributed by atoms with E-state index in [2.05, 4.69) is 63.1 Å². The van der Waals surface area contributed by atoms with Crippen molar-refractivity contribution >= 4 is 33.3 Å². The fourth-order valence-electron chi connectivity index (χ4n) is 3.87. The van der Waals surface area contributed by atoms with Crippen molar-refractivity contribution in [1.82, 2.24) is 9.88 Å². The predicted molar refractivity (Wildman–Crippen MR) is 116 cm³/mol. The van der Waals surface area contributed by atoms with E-state index < -0.39 is 0 Å². The number of fused-ring (bicyclic) bond motifs is 1. The van der Waals surface area contributed by atoms with Crippen molar-refractivity contribution in [1.29, 1.82) is 0 Å². The molecule has 4 rings (SSSR count). The number of carbonyl (C=O) groups is 1. The average Bonchev–Trinajstić information content (AvgIpc) is 2.83. The number of carbonyl (C=O) groups excluding carboxylic acids is 1. The molecular formula is C23H22BrN3O. The van der Waals surface area contributed by atoms with Gasteiger partial charge in [-0.3, -0.25) is 14.6 Å². The van der Waals surface area contributed by atoms with Crippen molar-refractivity contribution in [3.63, 3.8) is 0 Å². The molecule has 5 heteroatoms. The highest BCUT2D eigenvalue weighted by Crippen LogP contribution is 2.41. The summed E-state index contributed by atoms with van der Waals surface area (Å²) in [6, 6.07) is 22.2. The molecular weight excluding hydrogens is 414 g/mol. The van der Waals surface area contributed by atoms with Gasteiger partial charge in [0.2, 0.25) is 5.91 Å². The van der Waals surface area contributed by atoms with E-state index >= 15 is 0 Å². The Hall–Kier alpha value is -2.50. The monoisotopic (exact) mass is 435 g/mol. The molecule has 1 aliphatic heterocycles. The molecule has 2 aromatic carbocycles. The Labute approximate surface area is 173 Å². The second-order valence-electron chi connectivity index (χ2n) is 6.90. The van der Waals surface area contributed by atoms with Crippen LogP contribution in [0.25, 0.3) is 0 Å². The number of rotatable bonds is 4. The van der Waals surface area contributed by atoms with Gasteiger partial charge in [0.25, 0.3) is 0 Å². The van der Waals surface area contributed by atoms with Gasteiger partial charge in [0, 0.05) is 10.7 Å². The molecule has 0 N–H and O–H groups in total. The minimum atomic E-state index is 0.00584. The lowest BCUT2D eigenvalue weighted by Gasteiger charge is -2.30. The van der Waals surface area contributed by atoms with Gasteiger partial charge in [-0.1, -0.05) is 59.3 Å². The van der Waals surface area contributed by atoms with Crippen LogP contribution in [0.5, 0.6) is 0 Å². The van der Waals surface area contributed by atoms with E-state index in [1.165, 1.54) is 5.56 Å². The van der Waals surface area contributed by atoms with Gasteiger partial charge >= 0.3 is 0 Å². The molecule has 0 saturated heterocycles. The Kier molecular flexibility index (Phi) is 5.55. The summed E-state index contributed by atoms with van der Waals surface area (Å²) >= 11 is 3.63. The largest absolute Gasteiger partial charge is 0.283 e. The van der Waals surface area contributed by atoms with Crippen LogP contribution in [0.4, 0.5) is 11.5 Å². The quantitative estimate of drug-likeness (QED) is 0.555. The highest BCUT2D eigenvalue weighted by Gasteiger charge is 2.35. The number of halogens is 1. The number of aromatic nitrogens is 1. The van der Waals surface area contributed by atoms with Gasteiger partial charge in [-0.05, 0) is 54.4 Å². The summed E-state index contributed by atoms with van der Waals surface area (Å²) in [5.41, 5.74) is 3.18. The van der Waals surface area contributed by atoms with Crippen LogP contribution in [0.1, 0.15) is 30.5 Å². The highest BCUT2D eigenvalue weighted by molar-refractivity contribution is 9.10.